The average Bonchev–Trinajstić information content (AvgIpc) is 2.73. The quantitative estimate of drug-likeness (QED) is 0.670. The Morgan fingerprint density at radius 2 is 2.06 bits per heavy atom. The fraction of sp³-hybridized carbons (Fsp3) is 0.0714. The molecular weight excluding hydrogens is 248 g/mol. The summed E-state index contributed by atoms with van der Waals surface area (Å²) in [6.45, 7) is 2.00. The third kappa shape index (κ3) is 1.83. The molecule has 0 aliphatic rings. The van der Waals surface area contributed by atoms with Crippen molar-refractivity contribution in [2.45, 2.75) is 6.92 Å². The minimum absolute atomic E-state index is 0.536. The van der Waals surface area contributed by atoms with Crippen molar-refractivity contribution in [1.29, 1.82) is 0 Å². The number of nitrogens with zero attached hydrogens (tertiary/aromatic N) is 1. The summed E-state index contributed by atoms with van der Waals surface area (Å²) < 4.78 is 5.72. The zero-order chi connectivity index (χ0) is 12.7. The van der Waals surface area contributed by atoms with Crippen molar-refractivity contribution >= 4 is 28.4 Å². The number of anilines is 1. The van der Waals surface area contributed by atoms with E-state index in [-0.39, 0.29) is 0 Å². The molecule has 0 atom stereocenters. The zero-order valence-corrected chi connectivity index (χ0v) is 10.5. The predicted molar refractivity (Wildman–Crippen MR) is 73.6 cm³/mol. The van der Waals surface area contributed by atoms with Gasteiger partial charge in [-0.15, -0.1) is 0 Å². The van der Waals surface area contributed by atoms with Gasteiger partial charge in [-0.1, -0.05) is 23.7 Å². The molecule has 4 heteroatoms. The molecule has 3 rings (SSSR count). The van der Waals surface area contributed by atoms with Gasteiger partial charge in [0.2, 0.25) is 5.89 Å². The number of oxazole rings is 1. The van der Waals surface area contributed by atoms with Crippen molar-refractivity contribution < 1.29 is 4.42 Å². The fourth-order valence-electron chi connectivity index (χ4n) is 1.95. The van der Waals surface area contributed by atoms with E-state index in [0.717, 1.165) is 22.2 Å². The molecule has 3 aromatic rings. The van der Waals surface area contributed by atoms with Crippen molar-refractivity contribution in [3.05, 3.63) is 47.0 Å². The molecule has 0 amide bonds. The van der Waals surface area contributed by atoms with Crippen LogP contribution in [0.15, 0.2) is 40.8 Å². The van der Waals surface area contributed by atoms with Crippen LogP contribution in [0.2, 0.25) is 5.02 Å². The number of nitrogens with two attached hydrogens (primary N) is 1. The number of hydrogen-bond donors (Lipinski definition) is 1. The van der Waals surface area contributed by atoms with Crippen LogP contribution in [-0.2, 0) is 0 Å². The van der Waals surface area contributed by atoms with Crippen molar-refractivity contribution in [1.82, 2.24) is 4.98 Å². The topological polar surface area (TPSA) is 52.0 Å². The maximum Gasteiger partial charge on any atom is 0.227 e. The van der Waals surface area contributed by atoms with Crippen molar-refractivity contribution in [3.8, 4) is 11.5 Å². The third-order valence-electron chi connectivity index (χ3n) is 2.79. The van der Waals surface area contributed by atoms with E-state index in [1.807, 2.05) is 25.1 Å². The molecule has 18 heavy (non-hydrogen) atoms. The van der Waals surface area contributed by atoms with E-state index >= 15 is 0 Å². The maximum absolute atomic E-state index is 5.98. The van der Waals surface area contributed by atoms with Gasteiger partial charge in [0.05, 0.1) is 0 Å². The maximum atomic E-state index is 5.98. The Hall–Kier alpha value is -2.00. The molecule has 0 saturated carbocycles. The van der Waals surface area contributed by atoms with E-state index in [2.05, 4.69) is 4.98 Å². The van der Waals surface area contributed by atoms with Crippen LogP contribution in [0.4, 0.5) is 5.69 Å². The standard InChI is InChI=1S/C14H11ClN2O/c1-8-3-2-4-12-13(8)17-14(18-12)9-5-10(15)7-11(16)6-9/h2-7H,16H2,1H3. The van der Waals surface area contributed by atoms with Crippen LogP contribution >= 0.6 is 11.6 Å². The van der Waals surface area contributed by atoms with E-state index in [1.54, 1.807) is 18.2 Å². The first-order chi connectivity index (χ1) is 8.63. The molecule has 2 N–H and O–H groups in total. The van der Waals surface area contributed by atoms with E-state index < -0.39 is 0 Å². The van der Waals surface area contributed by atoms with E-state index in [1.165, 1.54) is 0 Å². The zero-order valence-electron chi connectivity index (χ0n) is 9.77. The number of aryl methyl sites for hydroxylation is 1. The molecule has 1 aromatic heterocycles. The minimum Gasteiger partial charge on any atom is -0.436 e. The second-order valence-electron chi connectivity index (χ2n) is 4.21. The monoisotopic (exact) mass is 258 g/mol. The minimum atomic E-state index is 0.536. The molecule has 3 nitrogen and oxygen atoms in total. The summed E-state index contributed by atoms with van der Waals surface area (Å²) in [6, 6.07) is 11.1. The number of nitrogen functional groups attached to an aromatic ring is 1. The van der Waals surface area contributed by atoms with Crippen molar-refractivity contribution in [2.24, 2.45) is 0 Å². The largest absolute Gasteiger partial charge is 0.436 e. The highest BCUT2D eigenvalue weighted by atomic mass is 35.5. The number of aromatic nitrogens is 1. The van der Waals surface area contributed by atoms with Crippen molar-refractivity contribution in [3.63, 3.8) is 0 Å². The average molecular weight is 259 g/mol. The highest BCUT2D eigenvalue weighted by Gasteiger charge is 2.10. The molecule has 0 unspecified atom stereocenters. The number of fused-ring (bicyclic) bond motifs is 1. The summed E-state index contributed by atoms with van der Waals surface area (Å²) in [7, 11) is 0. The van der Waals surface area contributed by atoms with Crippen LogP contribution in [0.25, 0.3) is 22.6 Å². The number of hydrogen-bond acceptors (Lipinski definition) is 3. The first-order valence-electron chi connectivity index (χ1n) is 5.56. The summed E-state index contributed by atoms with van der Waals surface area (Å²) in [6.07, 6.45) is 0. The van der Waals surface area contributed by atoms with Gasteiger partial charge in [-0.2, -0.15) is 0 Å². The Balaban J connectivity index is 2.22. The van der Waals surface area contributed by atoms with Crippen LogP contribution in [0.5, 0.6) is 0 Å². The SMILES string of the molecule is Cc1cccc2oc(-c3cc(N)cc(Cl)c3)nc12. The normalized spacial score (nSPS) is 11.0. The number of rotatable bonds is 1. The second kappa shape index (κ2) is 4.03. The molecule has 0 spiro atoms. The molecule has 2 aromatic carbocycles. The lowest BCUT2D eigenvalue weighted by molar-refractivity contribution is 0.620. The molecule has 0 aliphatic heterocycles. The van der Waals surface area contributed by atoms with Crippen LogP contribution in [0, 0.1) is 6.92 Å². The van der Waals surface area contributed by atoms with Gasteiger partial charge in [0.15, 0.2) is 5.58 Å². The van der Waals surface area contributed by atoms with Gasteiger partial charge in [-0.3, -0.25) is 0 Å². The van der Waals surface area contributed by atoms with Crippen molar-refractivity contribution in [2.75, 3.05) is 5.73 Å². The lowest BCUT2D eigenvalue weighted by atomic mass is 10.2. The van der Waals surface area contributed by atoms with Gasteiger partial charge >= 0.3 is 0 Å². The van der Waals surface area contributed by atoms with Gasteiger partial charge in [-0.05, 0) is 36.8 Å². The summed E-state index contributed by atoms with van der Waals surface area (Å²) in [5.74, 6) is 0.536. The van der Waals surface area contributed by atoms with Gasteiger partial charge < -0.3 is 10.2 Å². The van der Waals surface area contributed by atoms with E-state index in [9.17, 15) is 0 Å². The summed E-state index contributed by atoms with van der Waals surface area (Å²) in [5, 5.41) is 0.573. The number of para-hydroxylation sites is 1. The first-order valence-corrected chi connectivity index (χ1v) is 5.94. The van der Waals surface area contributed by atoms with Crippen LogP contribution in [0.3, 0.4) is 0 Å². The summed E-state index contributed by atoms with van der Waals surface area (Å²) >= 11 is 5.98. The third-order valence-corrected chi connectivity index (χ3v) is 3.01. The molecule has 0 saturated heterocycles. The summed E-state index contributed by atoms with van der Waals surface area (Å²) in [5.41, 5.74) is 9.86. The molecule has 0 fully saturated rings. The highest BCUT2D eigenvalue weighted by molar-refractivity contribution is 6.31. The highest BCUT2D eigenvalue weighted by Crippen LogP contribution is 2.29. The Labute approximate surface area is 109 Å². The molecule has 90 valence electrons. The Morgan fingerprint density at radius 1 is 1.22 bits per heavy atom. The molecule has 0 aliphatic carbocycles. The lowest BCUT2D eigenvalue weighted by Crippen LogP contribution is -1.86. The van der Waals surface area contributed by atoms with Gasteiger partial charge in [0, 0.05) is 16.3 Å². The molecule has 0 bridgehead atoms. The number of halogens is 1. The first kappa shape index (κ1) is 11.1. The smallest absolute Gasteiger partial charge is 0.227 e. The Morgan fingerprint density at radius 3 is 2.78 bits per heavy atom. The van der Waals surface area contributed by atoms with Gasteiger partial charge in [-0.25, -0.2) is 4.98 Å². The van der Waals surface area contributed by atoms with Crippen LogP contribution in [0.1, 0.15) is 5.56 Å². The Bertz CT molecular complexity index is 713. The van der Waals surface area contributed by atoms with Crippen LogP contribution in [-0.4, -0.2) is 4.98 Å². The second-order valence-corrected chi connectivity index (χ2v) is 4.65. The number of benzene rings is 2. The Kier molecular flexibility index (Phi) is 2.49. The van der Waals surface area contributed by atoms with Gasteiger partial charge in [0.25, 0.3) is 0 Å². The molecular formula is C14H11ClN2O. The fourth-order valence-corrected chi connectivity index (χ4v) is 2.19. The molecule has 1 heterocycles. The van der Waals surface area contributed by atoms with E-state index in [4.69, 9.17) is 21.8 Å². The molecule has 0 radical (unpaired) electrons. The predicted octanol–water partition coefficient (Wildman–Crippen LogP) is 4.04. The van der Waals surface area contributed by atoms with Crippen LogP contribution < -0.4 is 5.73 Å². The summed E-state index contributed by atoms with van der Waals surface area (Å²) in [4.78, 5) is 4.48. The van der Waals surface area contributed by atoms with E-state index in [0.29, 0.717) is 16.6 Å². The van der Waals surface area contributed by atoms with Gasteiger partial charge in [0.1, 0.15) is 5.52 Å². The lowest BCUT2D eigenvalue weighted by Gasteiger charge is -1.98.